The molecule has 0 spiro atoms. The Balaban J connectivity index is 2.11. The SMILES string of the molecule is CN(C)c1cccc2c(S(=O)(=O)Nc3cnc(Cl)cn3)cccc12. The molecule has 3 rings (SSSR count). The molecule has 1 aromatic heterocycles. The van der Waals surface area contributed by atoms with Crippen LogP contribution < -0.4 is 9.62 Å². The number of halogens is 1. The summed E-state index contributed by atoms with van der Waals surface area (Å²) in [5.74, 6) is 0.111. The summed E-state index contributed by atoms with van der Waals surface area (Å²) >= 11 is 5.67. The van der Waals surface area contributed by atoms with Gasteiger partial charge in [-0.15, -0.1) is 0 Å². The number of sulfonamides is 1. The predicted molar refractivity (Wildman–Crippen MR) is 96.1 cm³/mol. The van der Waals surface area contributed by atoms with Gasteiger partial charge in [0.05, 0.1) is 17.3 Å². The van der Waals surface area contributed by atoms with Crippen LogP contribution in [0.2, 0.25) is 5.15 Å². The number of nitrogens with one attached hydrogen (secondary N) is 1. The van der Waals surface area contributed by atoms with Crippen LogP contribution in [0.4, 0.5) is 11.5 Å². The average molecular weight is 363 g/mol. The molecule has 0 fully saturated rings. The maximum absolute atomic E-state index is 12.8. The van der Waals surface area contributed by atoms with E-state index in [1.165, 1.54) is 12.4 Å². The summed E-state index contributed by atoms with van der Waals surface area (Å²) in [5.41, 5.74) is 0.941. The van der Waals surface area contributed by atoms with Crippen molar-refractivity contribution in [3.63, 3.8) is 0 Å². The minimum atomic E-state index is -3.81. The summed E-state index contributed by atoms with van der Waals surface area (Å²) in [6, 6.07) is 10.7. The Morgan fingerprint density at radius 3 is 2.38 bits per heavy atom. The monoisotopic (exact) mass is 362 g/mol. The molecule has 0 radical (unpaired) electrons. The average Bonchev–Trinajstić information content (AvgIpc) is 2.55. The molecule has 0 saturated heterocycles. The third-order valence-corrected chi connectivity index (χ3v) is 5.10. The molecule has 1 heterocycles. The number of fused-ring (bicyclic) bond motifs is 1. The molecule has 0 bridgehead atoms. The Bertz CT molecular complexity index is 989. The van der Waals surface area contributed by atoms with Gasteiger partial charge in [0.15, 0.2) is 5.82 Å². The van der Waals surface area contributed by atoms with Gasteiger partial charge in [0, 0.05) is 30.6 Å². The van der Waals surface area contributed by atoms with Gasteiger partial charge in [-0.2, -0.15) is 0 Å². The van der Waals surface area contributed by atoms with Crippen molar-refractivity contribution in [1.29, 1.82) is 0 Å². The Morgan fingerprint density at radius 2 is 1.71 bits per heavy atom. The van der Waals surface area contributed by atoms with E-state index in [1.54, 1.807) is 18.2 Å². The second-order valence-electron chi connectivity index (χ2n) is 5.35. The molecule has 8 heteroatoms. The lowest BCUT2D eigenvalue weighted by Gasteiger charge is -2.17. The van der Waals surface area contributed by atoms with Crippen LogP contribution in [-0.4, -0.2) is 32.5 Å². The van der Waals surface area contributed by atoms with E-state index in [1.807, 2.05) is 37.2 Å². The van der Waals surface area contributed by atoms with E-state index >= 15 is 0 Å². The van der Waals surface area contributed by atoms with E-state index in [0.717, 1.165) is 11.1 Å². The lowest BCUT2D eigenvalue weighted by Crippen LogP contribution is -2.15. The highest BCUT2D eigenvalue weighted by atomic mass is 35.5. The molecular weight excluding hydrogens is 348 g/mol. The molecule has 0 unspecified atom stereocenters. The largest absolute Gasteiger partial charge is 0.377 e. The van der Waals surface area contributed by atoms with Crippen molar-refractivity contribution < 1.29 is 8.42 Å². The van der Waals surface area contributed by atoms with Gasteiger partial charge in [-0.1, -0.05) is 35.9 Å². The minimum Gasteiger partial charge on any atom is -0.377 e. The molecule has 124 valence electrons. The lowest BCUT2D eigenvalue weighted by atomic mass is 10.1. The predicted octanol–water partition coefficient (Wildman–Crippen LogP) is 3.15. The number of nitrogens with zero attached hydrogens (tertiary/aromatic N) is 3. The van der Waals surface area contributed by atoms with Crippen molar-refractivity contribution in [1.82, 2.24) is 9.97 Å². The van der Waals surface area contributed by atoms with Gasteiger partial charge in [0.1, 0.15) is 5.15 Å². The van der Waals surface area contributed by atoms with E-state index in [9.17, 15) is 8.42 Å². The molecule has 3 aromatic rings. The lowest BCUT2D eigenvalue weighted by molar-refractivity contribution is 0.602. The standard InChI is InChI=1S/C16H15ClN4O2S/c1-21(2)13-7-3-6-12-11(13)5-4-8-14(12)24(22,23)20-16-10-18-15(17)9-19-16/h3-10H,1-2H3,(H,19,20). The van der Waals surface area contributed by atoms with E-state index in [2.05, 4.69) is 14.7 Å². The number of aromatic nitrogens is 2. The van der Waals surface area contributed by atoms with Crippen LogP contribution in [0.5, 0.6) is 0 Å². The third-order valence-electron chi connectivity index (χ3n) is 3.49. The smallest absolute Gasteiger partial charge is 0.263 e. The molecule has 2 aromatic carbocycles. The topological polar surface area (TPSA) is 75.2 Å². The van der Waals surface area contributed by atoms with Crippen molar-refractivity contribution in [2.24, 2.45) is 0 Å². The molecule has 0 aliphatic carbocycles. The van der Waals surface area contributed by atoms with E-state index in [4.69, 9.17) is 11.6 Å². The second-order valence-corrected chi connectivity index (χ2v) is 7.39. The fourth-order valence-electron chi connectivity index (χ4n) is 2.45. The number of hydrogen-bond donors (Lipinski definition) is 1. The van der Waals surface area contributed by atoms with E-state index < -0.39 is 10.0 Å². The number of hydrogen-bond acceptors (Lipinski definition) is 5. The van der Waals surface area contributed by atoms with Gasteiger partial charge in [-0.25, -0.2) is 18.4 Å². The van der Waals surface area contributed by atoms with Gasteiger partial charge in [0.2, 0.25) is 0 Å². The summed E-state index contributed by atoms with van der Waals surface area (Å²) in [6.45, 7) is 0. The first-order valence-corrected chi connectivity index (χ1v) is 8.94. The van der Waals surface area contributed by atoms with Gasteiger partial charge in [-0.3, -0.25) is 4.72 Å². The highest BCUT2D eigenvalue weighted by Crippen LogP contribution is 2.30. The van der Waals surface area contributed by atoms with Crippen molar-refractivity contribution in [2.75, 3.05) is 23.7 Å². The highest BCUT2D eigenvalue weighted by molar-refractivity contribution is 7.93. The first kappa shape index (κ1) is 16.5. The quantitative estimate of drug-likeness (QED) is 0.771. The Hall–Kier alpha value is -2.38. The number of benzene rings is 2. The normalized spacial score (nSPS) is 11.5. The minimum absolute atomic E-state index is 0.111. The fraction of sp³-hybridized carbons (Fsp3) is 0.125. The van der Waals surface area contributed by atoms with Crippen LogP contribution in [0.15, 0.2) is 53.7 Å². The zero-order valence-electron chi connectivity index (χ0n) is 13.1. The Kier molecular flexibility index (Phi) is 4.29. The Morgan fingerprint density at radius 1 is 1.00 bits per heavy atom. The van der Waals surface area contributed by atoms with Gasteiger partial charge in [0.25, 0.3) is 10.0 Å². The zero-order valence-corrected chi connectivity index (χ0v) is 14.6. The van der Waals surface area contributed by atoms with E-state index in [-0.39, 0.29) is 15.9 Å². The first-order chi connectivity index (χ1) is 11.4. The van der Waals surface area contributed by atoms with Gasteiger partial charge in [-0.05, 0) is 12.1 Å². The number of anilines is 2. The molecular formula is C16H15ClN4O2S. The third kappa shape index (κ3) is 3.13. The van der Waals surface area contributed by atoms with Crippen molar-refractivity contribution in [3.8, 4) is 0 Å². The molecule has 0 amide bonds. The zero-order chi connectivity index (χ0) is 17.3. The first-order valence-electron chi connectivity index (χ1n) is 7.08. The summed E-state index contributed by atoms with van der Waals surface area (Å²) in [7, 11) is 0.0190. The van der Waals surface area contributed by atoms with Gasteiger partial charge < -0.3 is 4.90 Å². The van der Waals surface area contributed by atoms with Crippen LogP contribution in [0, 0.1) is 0 Å². The summed E-state index contributed by atoms with van der Waals surface area (Å²) in [4.78, 5) is 9.87. The maximum atomic E-state index is 12.8. The molecule has 24 heavy (non-hydrogen) atoms. The van der Waals surface area contributed by atoms with Gasteiger partial charge >= 0.3 is 0 Å². The highest BCUT2D eigenvalue weighted by Gasteiger charge is 2.19. The molecule has 0 aliphatic heterocycles. The molecule has 0 aliphatic rings. The summed E-state index contributed by atoms with van der Waals surface area (Å²) in [6.07, 6.45) is 2.56. The molecule has 0 saturated carbocycles. The summed E-state index contributed by atoms with van der Waals surface area (Å²) < 4.78 is 27.9. The second kappa shape index (κ2) is 6.26. The molecule has 1 N–H and O–H groups in total. The fourth-order valence-corrected chi connectivity index (χ4v) is 3.76. The molecule has 6 nitrogen and oxygen atoms in total. The summed E-state index contributed by atoms with van der Waals surface area (Å²) in [5, 5.41) is 1.68. The molecule has 0 atom stereocenters. The number of rotatable bonds is 4. The Labute approximate surface area is 145 Å². The van der Waals surface area contributed by atoms with Crippen LogP contribution >= 0.6 is 11.6 Å². The van der Waals surface area contributed by atoms with Crippen LogP contribution in [-0.2, 0) is 10.0 Å². The van der Waals surface area contributed by atoms with E-state index in [0.29, 0.717) is 5.39 Å². The van der Waals surface area contributed by atoms with Crippen molar-refractivity contribution in [3.05, 3.63) is 53.9 Å². The van der Waals surface area contributed by atoms with Crippen LogP contribution in [0.25, 0.3) is 10.8 Å². The van der Waals surface area contributed by atoms with Crippen LogP contribution in [0.1, 0.15) is 0 Å². The maximum Gasteiger partial charge on any atom is 0.263 e. The van der Waals surface area contributed by atoms with Crippen molar-refractivity contribution in [2.45, 2.75) is 4.90 Å². The van der Waals surface area contributed by atoms with Crippen molar-refractivity contribution >= 4 is 43.9 Å². The van der Waals surface area contributed by atoms with Crippen LogP contribution in [0.3, 0.4) is 0 Å².